The molecule has 0 aromatic carbocycles. The summed E-state index contributed by atoms with van der Waals surface area (Å²) < 4.78 is 54.2. The van der Waals surface area contributed by atoms with Gasteiger partial charge in [0.05, 0.1) is 5.56 Å². The molecule has 25 heavy (non-hydrogen) atoms. The zero-order chi connectivity index (χ0) is 19.3. The van der Waals surface area contributed by atoms with E-state index in [2.05, 4.69) is 15.0 Å². The number of amides is 1. The third-order valence-corrected chi connectivity index (χ3v) is 3.45. The number of carbonyl (C=O) groups excluding carboxylic acids is 1. The fourth-order valence-electron chi connectivity index (χ4n) is 2.27. The first kappa shape index (κ1) is 21.1. The first-order chi connectivity index (χ1) is 11.5. The summed E-state index contributed by atoms with van der Waals surface area (Å²) in [6, 6.07) is 2.48. The van der Waals surface area contributed by atoms with Crippen LogP contribution in [0.1, 0.15) is 37.6 Å². The maximum Gasteiger partial charge on any atom is 0.340 e. The summed E-state index contributed by atoms with van der Waals surface area (Å²) in [4.78, 5) is 15.9. The van der Waals surface area contributed by atoms with E-state index in [1.165, 1.54) is 12.1 Å². The van der Waals surface area contributed by atoms with Crippen molar-refractivity contribution in [1.29, 1.82) is 0 Å². The number of alkyl halides is 4. The number of aromatic nitrogens is 1. The summed E-state index contributed by atoms with van der Waals surface area (Å²) in [5.41, 5.74) is 5.31. The lowest BCUT2D eigenvalue weighted by Crippen LogP contribution is -2.52. The van der Waals surface area contributed by atoms with Crippen molar-refractivity contribution >= 4 is 5.91 Å². The number of ether oxygens (including phenoxy) is 1. The van der Waals surface area contributed by atoms with E-state index in [9.17, 15) is 22.4 Å². The molecule has 0 saturated carbocycles. The Morgan fingerprint density at radius 3 is 2.44 bits per heavy atom. The van der Waals surface area contributed by atoms with E-state index in [1.807, 2.05) is 20.8 Å². The molecule has 0 aliphatic heterocycles. The number of pyridine rings is 1. The molecule has 3 N–H and O–H groups in total. The third-order valence-electron chi connectivity index (χ3n) is 3.45. The minimum absolute atomic E-state index is 0.177. The van der Waals surface area contributed by atoms with Gasteiger partial charge in [-0.25, -0.2) is 13.8 Å². The number of nitrogens with zero attached hydrogens (tertiary/aromatic N) is 1. The maximum absolute atomic E-state index is 12.8. The smallest absolute Gasteiger partial charge is 0.340 e. The number of carbonyl (C=O) groups is 1. The Morgan fingerprint density at radius 1 is 1.36 bits per heavy atom. The van der Waals surface area contributed by atoms with Gasteiger partial charge in [-0.3, -0.25) is 4.79 Å². The Hall–Kier alpha value is -1.90. The van der Waals surface area contributed by atoms with Gasteiger partial charge in [0, 0.05) is 24.3 Å². The van der Waals surface area contributed by atoms with Gasteiger partial charge in [0.25, 0.3) is 5.91 Å². The molecule has 0 aliphatic carbocycles. The zero-order valence-corrected chi connectivity index (χ0v) is 14.4. The molecule has 1 aromatic rings. The molecule has 1 heterocycles. The van der Waals surface area contributed by atoms with Gasteiger partial charge in [0.2, 0.25) is 5.88 Å². The van der Waals surface area contributed by atoms with Crippen molar-refractivity contribution in [3.8, 4) is 5.88 Å². The maximum atomic E-state index is 12.8. The van der Waals surface area contributed by atoms with Crippen LogP contribution in [0, 0.1) is 5.92 Å². The van der Waals surface area contributed by atoms with Crippen LogP contribution in [0.15, 0.2) is 18.3 Å². The Balaban J connectivity index is 2.71. The summed E-state index contributed by atoms with van der Waals surface area (Å²) >= 11 is 0. The predicted molar refractivity (Wildman–Crippen MR) is 85.1 cm³/mol. The van der Waals surface area contributed by atoms with Gasteiger partial charge in [0.15, 0.2) is 6.61 Å². The van der Waals surface area contributed by atoms with E-state index in [0.717, 1.165) is 6.20 Å². The zero-order valence-electron chi connectivity index (χ0n) is 14.4. The predicted octanol–water partition coefficient (Wildman–Crippen LogP) is 2.85. The highest BCUT2D eigenvalue weighted by atomic mass is 19.3. The summed E-state index contributed by atoms with van der Waals surface area (Å²) in [6.07, 6.45) is -2.03. The van der Waals surface area contributed by atoms with E-state index in [4.69, 9.17) is 5.73 Å². The van der Waals surface area contributed by atoms with Gasteiger partial charge in [-0.15, -0.1) is 0 Å². The van der Waals surface area contributed by atoms with E-state index in [-0.39, 0.29) is 18.0 Å². The van der Waals surface area contributed by atoms with E-state index < -0.39 is 30.4 Å². The normalized spacial score (nSPS) is 14.5. The standard InChI is InChI=1S/C16H23F4N3O2/c1-10(2)6-15(3,8-21)23-13(24)11-4-5-12(22-7-11)25-9-16(19,20)14(17)18/h4-5,7,10,14H,6,8-9,21H2,1-3H3,(H,23,24). The molecule has 1 atom stereocenters. The molecule has 142 valence electrons. The van der Waals surface area contributed by atoms with Gasteiger partial charge in [-0.1, -0.05) is 13.8 Å². The van der Waals surface area contributed by atoms with E-state index in [1.54, 1.807) is 0 Å². The van der Waals surface area contributed by atoms with Crippen molar-refractivity contribution in [3.63, 3.8) is 0 Å². The number of hydrogen-bond donors (Lipinski definition) is 2. The second-order valence-electron chi connectivity index (χ2n) is 6.55. The molecule has 1 amide bonds. The second-order valence-corrected chi connectivity index (χ2v) is 6.55. The van der Waals surface area contributed by atoms with Gasteiger partial charge in [0.1, 0.15) is 0 Å². The summed E-state index contributed by atoms with van der Waals surface area (Å²) in [7, 11) is 0. The number of rotatable bonds is 9. The first-order valence-electron chi connectivity index (χ1n) is 7.76. The molecular weight excluding hydrogens is 342 g/mol. The van der Waals surface area contributed by atoms with Crippen molar-refractivity contribution in [2.75, 3.05) is 13.2 Å². The molecule has 1 aromatic heterocycles. The van der Waals surface area contributed by atoms with Crippen LogP contribution < -0.4 is 15.8 Å². The van der Waals surface area contributed by atoms with Crippen LogP contribution in [-0.4, -0.2) is 41.9 Å². The quantitative estimate of drug-likeness (QED) is 0.660. The van der Waals surface area contributed by atoms with Crippen LogP contribution in [0.5, 0.6) is 5.88 Å². The van der Waals surface area contributed by atoms with Crippen LogP contribution in [0.25, 0.3) is 0 Å². The van der Waals surface area contributed by atoms with Crippen LogP contribution in [-0.2, 0) is 0 Å². The summed E-state index contributed by atoms with van der Waals surface area (Å²) in [6.45, 7) is 4.57. The minimum atomic E-state index is -4.27. The van der Waals surface area contributed by atoms with Crippen LogP contribution in [0.4, 0.5) is 17.6 Å². The Bertz CT molecular complexity index is 567. The van der Waals surface area contributed by atoms with Gasteiger partial charge >= 0.3 is 12.3 Å². The molecule has 0 aliphatic rings. The van der Waals surface area contributed by atoms with Gasteiger partial charge in [-0.05, 0) is 25.3 Å². The lowest BCUT2D eigenvalue weighted by atomic mass is 9.90. The Kier molecular flexibility index (Phi) is 7.16. The third kappa shape index (κ3) is 6.49. The highest BCUT2D eigenvalue weighted by Gasteiger charge is 2.41. The summed E-state index contributed by atoms with van der Waals surface area (Å²) in [5, 5.41) is 2.82. The molecular formula is C16H23F4N3O2. The van der Waals surface area contributed by atoms with Crippen molar-refractivity contribution < 1.29 is 27.1 Å². The van der Waals surface area contributed by atoms with Crippen LogP contribution >= 0.6 is 0 Å². The number of halogens is 4. The molecule has 0 fully saturated rings. The molecule has 5 nitrogen and oxygen atoms in total. The number of hydrogen-bond acceptors (Lipinski definition) is 4. The van der Waals surface area contributed by atoms with E-state index in [0.29, 0.717) is 12.3 Å². The lowest BCUT2D eigenvalue weighted by molar-refractivity contribution is -0.148. The van der Waals surface area contributed by atoms with Gasteiger partial charge < -0.3 is 15.8 Å². The first-order valence-corrected chi connectivity index (χ1v) is 7.76. The molecule has 0 bridgehead atoms. The van der Waals surface area contributed by atoms with Crippen LogP contribution in [0.3, 0.4) is 0 Å². The average molecular weight is 365 g/mol. The molecule has 0 spiro atoms. The monoisotopic (exact) mass is 365 g/mol. The average Bonchev–Trinajstić information content (AvgIpc) is 2.52. The van der Waals surface area contributed by atoms with Gasteiger partial charge in [-0.2, -0.15) is 8.78 Å². The Morgan fingerprint density at radius 2 is 2.00 bits per heavy atom. The number of nitrogens with two attached hydrogens (primary N) is 1. The molecule has 1 rings (SSSR count). The largest absolute Gasteiger partial charge is 0.471 e. The molecule has 1 unspecified atom stereocenters. The second kappa shape index (κ2) is 8.46. The van der Waals surface area contributed by atoms with Crippen molar-refractivity contribution in [1.82, 2.24) is 10.3 Å². The number of nitrogens with one attached hydrogen (secondary N) is 1. The molecule has 9 heteroatoms. The lowest BCUT2D eigenvalue weighted by Gasteiger charge is -2.31. The summed E-state index contributed by atoms with van der Waals surface area (Å²) in [5.74, 6) is -4.65. The Labute approximate surface area is 143 Å². The fraction of sp³-hybridized carbons (Fsp3) is 0.625. The van der Waals surface area contributed by atoms with Crippen LogP contribution in [0.2, 0.25) is 0 Å². The topological polar surface area (TPSA) is 77.2 Å². The minimum Gasteiger partial charge on any atom is -0.471 e. The molecule has 0 radical (unpaired) electrons. The highest BCUT2D eigenvalue weighted by molar-refractivity contribution is 5.94. The van der Waals surface area contributed by atoms with Crippen molar-refractivity contribution in [3.05, 3.63) is 23.9 Å². The van der Waals surface area contributed by atoms with Crippen molar-refractivity contribution in [2.45, 2.75) is 45.1 Å². The van der Waals surface area contributed by atoms with Crippen molar-refractivity contribution in [2.24, 2.45) is 11.7 Å². The molecule has 0 saturated heterocycles. The SMILES string of the molecule is CC(C)CC(C)(CN)NC(=O)c1ccc(OCC(F)(F)C(F)F)nc1. The van der Waals surface area contributed by atoms with E-state index >= 15 is 0 Å². The highest BCUT2D eigenvalue weighted by Crippen LogP contribution is 2.23. The fourth-order valence-corrected chi connectivity index (χ4v) is 2.27.